The number of aryl methyl sites for hydroxylation is 2. The molecule has 0 radical (unpaired) electrons. The molecule has 0 heterocycles. The summed E-state index contributed by atoms with van der Waals surface area (Å²) < 4.78 is 0. The van der Waals surface area contributed by atoms with Gasteiger partial charge in [0, 0.05) is 19.7 Å². The fourth-order valence-electron chi connectivity index (χ4n) is 2.26. The average Bonchev–Trinajstić information content (AvgIpc) is 2.25. The summed E-state index contributed by atoms with van der Waals surface area (Å²) in [6, 6.07) is 4.18. The first-order valence-corrected chi connectivity index (χ1v) is 6.46. The van der Waals surface area contributed by atoms with Crippen LogP contribution in [0.15, 0.2) is 12.1 Å². The molecule has 0 aliphatic rings. The minimum atomic E-state index is -0.477. The Hall–Kier alpha value is -1.64. The Morgan fingerprint density at radius 2 is 1.47 bits per heavy atom. The molecule has 0 saturated heterocycles. The van der Waals surface area contributed by atoms with Gasteiger partial charge in [0.15, 0.2) is 0 Å². The van der Waals surface area contributed by atoms with Crippen molar-refractivity contribution >= 4 is 17.4 Å². The molecule has 1 rings (SSSR count). The van der Waals surface area contributed by atoms with E-state index in [1.54, 1.807) is 7.05 Å². The van der Waals surface area contributed by atoms with E-state index in [4.69, 9.17) is 0 Å². The number of hydrogen-bond donors (Lipinski definition) is 0. The van der Waals surface area contributed by atoms with Crippen LogP contribution in [-0.2, 0) is 15.0 Å². The summed E-state index contributed by atoms with van der Waals surface area (Å²) in [4.78, 5) is 24.5. The molecule has 0 bridgehead atoms. The molecule has 0 aliphatic heterocycles. The number of ketones is 1. The van der Waals surface area contributed by atoms with Gasteiger partial charge >= 0.3 is 0 Å². The number of carbonyl (C=O) groups excluding carboxylic acids is 2. The van der Waals surface area contributed by atoms with E-state index in [1.807, 2.05) is 13.8 Å². The van der Waals surface area contributed by atoms with E-state index in [1.165, 1.54) is 17.4 Å². The fraction of sp³-hybridized carbons (Fsp3) is 0.500. The topological polar surface area (TPSA) is 37.4 Å². The van der Waals surface area contributed by atoms with Gasteiger partial charge in [-0.15, -0.1) is 0 Å². The van der Waals surface area contributed by atoms with Gasteiger partial charge in [0.05, 0.1) is 0 Å². The van der Waals surface area contributed by atoms with E-state index in [9.17, 15) is 9.59 Å². The number of amides is 1. The second-order valence-corrected chi connectivity index (χ2v) is 6.13. The molecule has 0 spiro atoms. The maximum Gasteiger partial charge on any atom is 0.293 e. The van der Waals surface area contributed by atoms with Crippen LogP contribution in [0.5, 0.6) is 0 Å². The number of hydrogen-bond acceptors (Lipinski definition) is 2. The van der Waals surface area contributed by atoms with E-state index >= 15 is 0 Å². The maximum absolute atomic E-state index is 11.8. The Kier molecular flexibility index (Phi) is 4.18. The van der Waals surface area contributed by atoms with Crippen molar-refractivity contribution in [1.82, 2.24) is 0 Å². The molecule has 0 N–H and O–H groups in total. The zero-order valence-corrected chi connectivity index (χ0v) is 12.9. The van der Waals surface area contributed by atoms with E-state index < -0.39 is 11.7 Å². The Morgan fingerprint density at radius 3 is 1.79 bits per heavy atom. The van der Waals surface area contributed by atoms with E-state index in [2.05, 4.69) is 32.9 Å². The molecule has 3 nitrogen and oxygen atoms in total. The largest absolute Gasteiger partial charge is 0.308 e. The van der Waals surface area contributed by atoms with E-state index in [-0.39, 0.29) is 5.41 Å². The van der Waals surface area contributed by atoms with Crippen LogP contribution in [0.25, 0.3) is 0 Å². The van der Waals surface area contributed by atoms with Crippen LogP contribution in [0.2, 0.25) is 0 Å². The van der Waals surface area contributed by atoms with Crippen LogP contribution in [0, 0.1) is 13.8 Å². The highest BCUT2D eigenvalue weighted by Gasteiger charge is 2.21. The lowest BCUT2D eigenvalue weighted by Crippen LogP contribution is -2.32. The number of nitrogens with zero attached hydrogens (tertiary/aromatic N) is 1. The fourth-order valence-corrected chi connectivity index (χ4v) is 2.26. The highest BCUT2D eigenvalue weighted by Crippen LogP contribution is 2.31. The molecule has 1 aromatic carbocycles. The first-order valence-electron chi connectivity index (χ1n) is 6.46. The summed E-state index contributed by atoms with van der Waals surface area (Å²) in [6.45, 7) is 11.7. The first kappa shape index (κ1) is 15.4. The first-order chi connectivity index (χ1) is 8.55. The standard InChI is InChI=1S/C16H23NO2/c1-10-8-13(16(4,5)6)9-11(2)14(10)17(7)15(19)12(3)18/h8-9H,1-7H3. The van der Waals surface area contributed by atoms with Gasteiger partial charge in [-0.1, -0.05) is 32.9 Å². The Bertz CT molecular complexity index is 501. The van der Waals surface area contributed by atoms with Gasteiger partial charge in [-0.05, 0) is 36.0 Å². The molecule has 0 unspecified atom stereocenters. The van der Waals surface area contributed by atoms with Gasteiger partial charge in [-0.25, -0.2) is 0 Å². The summed E-state index contributed by atoms with van der Waals surface area (Å²) in [5.74, 6) is -0.920. The smallest absolute Gasteiger partial charge is 0.293 e. The molecular formula is C16H23NO2. The van der Waals surface area contributed by atoms with Gasteiger partial charge in [0.1, 0.15) is 0 Å². The second-order valence-electron chi connectivity index (χ2n) is 6.13. The zero-order valence-electron chi connectivity index (χ0n) is 12.9. The molecule has 1 amide bonds. The van der Waals surface area contributed by atoms with Gasteiger partial charge in [-0.2, -0.15) is 0 Å². The van der Waals surface area contributed by atoms with Crippen molar-refractivity contribution in [3.05, 3.63) is 28.8 Å². The predicted molar refractivity (Wildman–Crippen MR) is 78.7 cm³/mol. The molecule has 0 saturated carbocycles. The van der Waals surface area contributed by atoms with Crippen LogP contribution < -0.4 is 4.90 Å². The number of benzene rings is 1. The quantitative estimate of drug-likeness (QED) is 0.767. The maximum atomic E-state index is 11.8. The predicted octanol–water partition coefficient (Wildman–Crippen LogP) is 3.15. The molecule has 1 aromatic rings. The SMILES string of the molecule is CC(=O)C(=O)N(C)c1c(C)cc(C(C)(C)C)cc1C. The molecule has 0 aliphatic carbocycles. The van der Waals surface area contributed by atoms with E-state index in [0.717, 1.165) is 16.8 Å². The summed E-state index contributed by atoms with van der Waals surface area (Å²) in [7, 11) is 1.65. The average molecular weight is 261 g/mol. The Labute approximate surface area is 115 Å². The van der Waals surface area contributed by atoms with Crippen molar-refractivity contribution < 1.29 is 9.59 Å². The normalized spacial score (nSPS) is 11.3. The highest BCUT2D eigenvalue weighted by atomic mass is 16.2. The summed E-state index contributed by atoms with van der Waals surface area (Å²) in [5.41, 5.74) is 4.16. The third kappa shape index (κ3) is 3.22. The minimum absolute atomic E-state index is 0.0667. The minimum Gasteiger partial charge on any atom is -0.308 e. The number of rotatable bonds is 2. The summed E-state index contributed by atoms with van der Waals surface area (Å²) in [5, 5.41) is 0. The van der Waals surface area contributed by atoms with Crippen molar-refractivity contribution in [2.75, 3.05) is 11.9 Å². The lowest BCUT2D eigenvalue weighted by molar-refractivity contribution is -0.134. The van der Waals surface area contributed by atoms with Crippen molar-refractivity contribution in [2.24, 2.45) is 0 Å². The van der Waals surface area contributed by atoms with Crippen LogP contribution in [-0.4, -0.2) is 18.7 Å². The van der Waals surface area contributed by atoms with Crippen molar-refractivity contribution in [2.45, 2.75) is 47.0 Å². The van der Waals surface area contributed by atoms with Crippen molar-refractivity contribution in [3.63, 3.8) is 0 Å². The molecule has 0 atom stereocenters. The van der Waals surface area contributed by atoms with Crippen LogP contribution in [0.4, 0.5) is 5.69 Å². The van der Waals surface area contributed by atoms with Crippen LogP contribution in [0.3, 0.4) is 0 Å². The van der Waals surface area contributed by atoms with Gasteiger partial charge in [0.25, 0.3) is 5.91 Å². The molecule has 3 heteroatoms. The number of Topliss-reactive ketones (excluding diaryl/α,β-unsaturated/α-hetero) is 1. The number of likely N-dealkylation sites (N-methyl/N-ethyl adjacent to an activating group) is 1. The lowest BCUT2D eigenvalue weighted by atomic mass is 9.84. The molecular weight excluding hydrogens is 238 g/mol. The summed E-state index contributed by atoms with van der Waals surface area (Å²) >= 11 is 0. The highest BCUT2D eigenvalue weighted by molar-refractivity contribution is 6.40. The lowest BCUT2D eigenvalue weighted by Gasteiger charge is -2.25. The summed E-state index contributed by atoms with van der Waals surface area (Å²) in [6.07, 6.45) is 0. The van der Waals surface area contributed by atoms with Gasteiger partial charge < -0.3 is 4.90 Å². The Morgan fingerprint density at radius 1 is 1.05 bits per heavy atom. The van der Waals surface area contributed by atoms with Gasteiger partial charge in [-0.3, -0.25) is 9.59 Å². The van der Waals surface area contributed by atoms with E-state index in [0.29, 0.717) is 0 Å². The second kappa shape index (κ2) is 5.16. The molecule has 0 aromatic heterocycles. The Balaban J connectivity index is 3.32. The van der Waals surface area contributed by atoms with Crippen molar-refractivity contribution in [1.29, 1.82) is 0 Å². The number of carbonyl (C=O) groups is 2. The van der Waals surface area contributed by atoms with Gasteiger partial charge in [0.2, 0.25) is 5.78 Å². The third-order valence-corrected chi connectivity index (χ3v) is 3.30. The molecule has 0 fully saturated rings. The number of anilines is 1. The molecule has 19 heavy (non-hydrogen) atoms. The third-order valence-electron chi connectivity index (χ3n) is 3.30. The van der Waals surface area contributed by atoms with Crippen molar-refractivity contribution in [3.8, 4) is 0 Å². The zero-order chi connectivity index (χ0) is 15.0. The monoisotopic (exact) mass is 261 g/mol. The van der Waals surface area contributed by atoms with Crippen LogP contribution >= 0.6 is 0 Å². The molecule has 104 valence electrons. The van der Waals surface area contributed by atoms with Crippen LogP contribution in [0.1, 0.15) is 44.4 Å².